The van der Waals surface area contributed by atoms with Gasteiger partial charge in [-0.1, -0.05) is 13.0 Å². The fraction of sp³-hybridized carbons (Fsp3) is 0.545. The molecule has 0 aliphatic carbocycles. The molecule has 4 heteroatoms. The summed E-state index contributed by atoms with van der Waals surface area (Å²) in [5, 5.41) is 12.1. The van der Waals surface area contributed by atoms with Crippen LogP contribution >= 0.6 is 0 Å². The third kappa shape index (κ3) is 4.27. The third-order valence-electron chi connectivity index (χ3n) is 2.10. The average molecular weight is 210 g/mol. The SMILES string of the molecule is COc1cccc(CNCC(C)CO)n1. The number of aliphatic hydroxyl groups excluding tert-OH is 1. The lowest BCUT2D eigenvalue weighted by atomic mass is 10.2. The van der Waals surface area contributed by atoms with Gasteiger partial charge in [-0.3, -0.25) is 0 Å². The summed E-state index contributed by atoms with van der Waals surface area (Å²) in [4.78, 5) is 4.27. The van der Waals surface area contributed by atoms with Crippen LogP contribution in [0.5, 0.6) is 5.88 Å². The van der Waals surface area contributed by atoms with Crippen molar-refractivity contribution in [2.45, 2.75) is 13.5 Å². The standard InChI is InChI=1S/C11H18N2O2/c1-9(8-14)6-12-7-10-4-3-5-11(13-10)15-2/h3-5,9,12,14H,6-8H2,1-2H3. The minimum Gasteiger partial charge on any atom is -0.481 e. The first kappa shape index (κ1) is 11.9. The number of hydrogen-bond acceptors (Lipinski definition) is 4. The molecule has 1 atom stereocenters. The highest BCUT2D eigenvalue weighted by molar-refractivity contribution is 5.15. The van der Waals surface area contributed by atoms with E-state index in [0.717, 1.165) is 12.2 Å². The molecule has 1 aromatic rings. The van der Waals surface area contributed by atoms with Crippen LogP contribution in [0.25, 0.3) is 0 Å². The Morgan fingerprint density at radius 2 is 2.33 bits per heavy atom. The molecule has 84 valence electrons. The van der Waals surface area contributed by atoms with Gasteiger partial charge >= 0.3 is 0 Å². The summed E-state index contributed by atoms with van der Waals surface area (Å²) in [6.07, 6.45) is 0. The number of nitrogens with one attached hydrogen (secondary N) is 1. The lowest BCUT2D eigenvalue weighted by Gasteiger charge is -2.09. The Morgan fingerprint density at radius 1 is 1.53 bits per heavy atom. The summed E-state index contributed by atoms with van der Waals surface area (Å²) in [5.74, 6) is 0.903. The van der Waals surface area contributed by atoms with Crippen molar-refractivity contribution in [2.24, 2.45) is 5.92 Å². The normalized spacial score (nSPS) is 12.5. The predicted octanol–water partition coefficient (Wildman–Crippen LogP) is 0.808. The van der Waals surface area contributed by atoms with Crippen molar-refractivity contribution in [3.05, 3.63) is 23.9 Å². The van der Waals surface area contributed by atoms with Gasteiger partial charge in [0.15, 0.2) is 0 Å². The van der Waals surface area contributed by atoms with E-state index in [4.69, 9.17) is 9.84 Å². The molecule has 0 radical (unpaired) electrons. The first-order valence-electron chi connectivity index (χ1n) is 5.07. The molecule has 1 aromatic heterocycles. The minimum absolute atomic E-state index is 0.207. The van der Waals surface area contributed by atoms with Crippen molar-refractivity contribution in [3.63, 3.8) is 0 Å². The maximum atomic E-state index is 8.84. The molecule has 1 unspecified atom stereocenters. The van der Waals surface area contributed by atoms with Crippen molar-refractivity contribution in [1.29, 1.82) is 0 Å². The molecule has 1 heterocycles. The smallest absolute Gasteiger partial charge is 0.213 e. The van der Waals surface area contributed by atoms with E-state index in [0.29, 0.717) is 12.4 Å². The Kier molecular flexibility index (Phi) is 5.07. The summed E-state index contributed by atoms with van der Waals surface area (Å²) in [5.41, 5.74) is 0.944. The van der Waals surface area contributed by atoms with Crippen LogP contribution in [0.4, 0.5) is 0 Å². The molecule has 0 aromatic carbocycles. The van der Waals surface area contributed by atoms with E-state index >= 15 is 0 Å². The van der Waals surface area contributed by atoms with Crippen molar-refractivity contribution in [3.8, 4) is 5.88 Å². The van der Waals surface area contributed by atoms with Crippen molar-refractivity contribution in [2.75, 3.05) is 20.3 Å². The van der Waals surface area contributed by atoms with E-state index in [1.165, 1.54) is 0 Å². The van der Waals surface area contributed by atoms with Gasteiger partial charge in [-0.25, -0.2) is 4.98 Å². The molecular formula is C11H18N2O2. The summed E-state index contributed by atoms with van der Waals surface area (Å²) in [6.45, 7) is 3.68. The summed E-state index contributed by atoms with van der Waals surface area (Å²) >= 11 is 0. The van der Waals surface area contributed by atoms with E-state index in [2.05, 4.69) is 10.3 Å². The molecule has 0 amide bonds. The monoisotopic (exact) mass is 210 g/mol. The molecule has 0 spiro atoms. The minimum atomic E-state index is 0.207. The molecule has 0 saturated heterocycles. The zero-order chi connectivity index (χ0) is 11.1. The number of aromatic nitrogens is 1. The van der Waals surface area contributed by atoms with Crippen LogP contribution in [0, 0.1) is 5.92 Å². The zero-order valence-corrected chi connectivity index (χ0v) is 9.23. The largest absolute Gasteiger partial charge is 0.481 e. The molecule has 0 bridgehead atoms. The molecule has 0 aliphatic rings. The van der Waals surface area contributed by atoms with Crippen molar-refractivity contribution in [1.82, 2.24) is 10.3 Å². The highest BCUT2D eigenvalue weighted by Gasteiger charge is 2.00. The highest BCUT2D eigenvalue weighted by Crippen LogP contribution is 2.06. The number of hydrogen-bond donors (Lipinski definition) is 2. The van der Waals surface area contributed by atoms with Gasteiger partial charge in [0.2, 0.25) is 5.88 Å². The fourth-order valence-electron chi connectivity index (χ4n) is 1.18. The van der Waals surface area contributed by atoms with Gasteiger partial charge in [0.1, 0.15) is 0 Å². The van der Waals surface area contributed by atoms with Crippen molar-refractivity contribution < 1.29 is 9.84 Å². The van der Waals surface area contributed by atoms with E-state index in [1.807, 2.05) is 25.1 Å². The maximum absolute atomic E-state index is 8.84. The molecular weight excluding hydrogens is 192 g/mol. The van der Waals surface area contributed by atoms with Gasteiger partial charge < -0.3 is 15.2 Å². The predicted molar refractivity (Wildman–Crippen MR) is 58.7 cm³/mol. The lowest BCUT2D eigenvalue weighted by Crippen LogP contribution is -2.23. The summed E-state index contributed by atoms with van der Waals surface area (Å²) in [7, 11) is 1.60. The highest BCUT2D eigenvalue weighted by atomic mass is 16.5. The van der Waals surface area contributed by atoms with E-state index in [-0.39, 0.29) is 12.5 Å². The summed E-state index contributed by atoms with van der Waals surface area (Å²) < 4.78 is 5.02. The number of ether oxygens (including phenoxy) is 1. The Morgan fingerprint density at radius 3 is 3.00 bits per heavy atom. The quantitative estimate of drug-likeness (QED) is 0.729. The molecule has 2 N–H and O–H groups in total. The number of aliphatic hydroxyl groups is 1. The number of nitrogens with zero attached hydrogens (tertiary/aromatic N) is 1. The van der Waals surface area contributed by atoms with Gasteiger partial charge in [0.25, 0.3) is 0 Å². The van der Waals surface area contributed by atoms with Crippen LogP contribution in [0.1, 0.15) is 12.6 Å². The van der Waals surface area contributed by atoms with Crippen LogP contribution < -0.4 is 10.1 Å². The van der Waals surface area contributed by atoms with Gasteiger partial charge in [-0.05, 0) is 12.0 Å². The Balaban J connectivity index is 2.37. The van der Waals surface area contributed by atoms with Crippen LogP contribution in [0.3, 0.4) is 0 Å². The Bertz CT molecular complexity index is 292. The first-order valence-corrected chi connectivity index (χ1v) is 5.07. The van der Waals surface area contributed by atoms with Crippen molar-refractivity contribution >= 4 is 0 Å². The molecule has 0 saturated carbocycles. The molecule has 1 rings (SSSR count). The second-order valence-electron chi connectivity index (χ2n) is 3.59. The van der Waals surface area contributed by atoms with Crippen LogP contribution in [-0.2, 0) is 6.54 Å². The first-order chi connectivity index (χ1) is 7.26. The summed E-state index contributed by atoms with van der Waals surface area (Å²) in [6, 6.07) is 5.68. The molecule has 0 aliphatic heterocycles. The van der Waals surface area contributed by atoms with E-state index < -0.39 is 0 Å². The fourth-order valence-corrected chi connectivity index (χ4v) is 1.18. The Labute approximate surface area is 90.3 Å². The lowest BCUT2D eigenvalue weighted by molar-refractivity contribution is 0.233. The molecule has 0 fully saturated rings. The van der Waals surface area contributed by atoms with Gasteiger partial charge in [0, 0.05) is 25.8 Å². The number of rotatable bonds is 6. The van der Waals surface area contributed by atoms with Gasteiger partial charge in [0.05, 0.1) is 12.8 Å². The second kappa shape index (κ2) is 6.37. The maximum Gasteiger partial charge on any atom is 0.213 e. The topological polar surface area (TPSA) is 54.4 Å². The molecule has 15 heavy (non-hydrogen) atoms. The molecule has 4 nitrogen and oxygen atoms in total. The Hall–Kier alpha value is -1.13. The third-order valence-corrected chi connectivity index (χ3v) is 2.10. The van der Waals surface area contributed by atoms with E-state index in [9.17, 15) is 0 Å². The second-order valence-corrected chi connectivity index (χ2v) is 3.59. The van der Waals surface area contributed by atoms with Crippen LogP contribution in [-0.4, -0.2) is 30.4 Å². The zero-order valence-electron chi connectivity index (χ0n) is 9.23. The van der Waals surface area contributed by atoms with Gasteiger partial charge in [-0.2, -0.15) is 0 Å². The average Bonchev–Trinajstić information content (AvgIpc) is 2.29. The van der Waals surface area contributed by atoms with Gasteiger partial charge in [-0.15, -0.1) is 0 Å². The van der Waals surface area contributed by atoms with Crippen LogP contribution in [0.15, 0.2) is 18.2 Å². The number of methoxy groups -OCH3 is 1. The van der Waals surface area contributed by atoms with E-state index in [1.54, 1.807) is 7.11 Å². The number of pyridine rings is 1. The van der Waals surface area contributed by atoms with Crippen LogP contribution in [0.2, 0.25) is 0 Å².